The van der Waals surface area contributed by atoms with Crippen LogP contribution in [0, 0.1) is 0 Å². The van der Waals surface area contributed by atoms with Gasteiger partial charge in [-0.1, -0.05) is 0 Å². The van der Waals surface area contributed by atoms with Gasteiger partial charge in [-0.05, 0) is 6.42 Å². The van der Waals surface area contributed by atoms with Crippen LogP contribution in [0.5, 0.6) is 0 Å². The second-order valence-corrected chi connectivity index (χ2v) is 4.03. The van der Waals surface area contributed by atoms with Gasteiger partial charge in [0, 0.05) is 26.7 Å². The van der Waals surface area contributed by atoms with Crippen molar-refractivity contribution in [2.45, 2.75) is 6.42 Å². The monoisotopic (exact) mass is 261 g/mol. The molecule has 7 heteroatoms. The van der Waals surface area contributed by atoms with E-state index in [1.165, 1.54) is 5.01 Å². The topological polar surface area (TPSA) is 77.3 Å². The molecule has 0 atom stereocenters. The zero-order valence-electron chi connectivity index (χ0n) is 11.0. The molecule has 1 aliphatic rings. The molecule has 1 rings (SSSR count). The summed E-state index contributed by atoms with van der Waals surface area (Å²) in [5.74, 6) is 5.54. The fourth-order valence-electron chi connectivity index (χ4n) is 1.65. The number of nitrogens with zero attached hydrogens (tertiary/aromatic N) is 2. The predicted molar refractivity (Wildman–Crippen MR) is 66.0 cm³/mol. The molecular formula is C11H23N3O4. The number of rotatable bonds is 9. The van der Waals surface area contributed by atoms with Gasteiger partial charge in [0.2, 0.25) is 0 Å². The highest BCUT2D eigenvalue weighted by molar-refractivity contribution is 5.74. The first-order valence-electron chi connectivity index (χ1n) is 6.21. The molecule has 0 aliphatic carbocycles. The number of amides is 2. The molecule has 0 spiro atoms. The van der Waals surface area contributed by atoms with Crippen LogP contribution in [0.2, 0.25) is 0 Å². The quantitative estimate of drug-likeness (QED) is 0.349. The average Bonchev–Trinajstić information content (AvgIpc) is 2.37. The van der Waals surface area contributed by atoms with Gasteiger partial charge in [0.15, 0.2) is 0 Å². The minimum atomic E-state index is -0.124. The fourth-order valence-corrected chi connectivity index (χ4v) is 1.65. The summed E-state index contributed by atoms with van der Waals surface area (Å²) in [6, 6.07) is -0.124. The van der Waals surface area contributed by atoms with E-state index in [2.05, 4.69) is 0 Å². The molecule has 0 aromatic carbocycles. The van der Waals surface area contributed by atoms with Gasteiger partial charge in [0.05, 0.1) is 33.0 Å². The highest BCUT2D eigenvalue weighted by Gasteiger charge is 2.22. The number of methoxy groups -OCH3 is 1. The minimum Gasteiger partial charge on any atom is -0.382 e. The first-order chi connectivity index (χ1) is 8.75. The van der Waals surface area contributed by atoms with Crippen LogP contribution in [0.1, 0.15) is 6.42 Å². The summed E-state index contributed by atoms with van der Waals surface area (Å²) in [4.78, 5) is 13.3. The average molecular weight is 261 g/mol. The van der Waals surface area contributed by atoms with Gasteiger partial charge in [-0.25, -0.2) is 10.6 Å². The van der Waals surface area contributed by atoms with Crippen molar-refractivity contribution >= 4 is 6.03 Å². The lowest BCUT2D eigenvalue weighted by Gasteiger charge is -2.32. The number of carbonyl (C=O) groups excluding carboxylic acids is 1. The standard InChI is InChI=1S/C11H23N3O4/c1-16-7-8-18-10-9-17-6-5-13-3-2-4-14(12)11(13)15/h2-10,12H2,1H3. The van der Waals surface area contributed by atoms with E-state index in [4.69, 9.17) is 20.1 Å². The molecule has 1 fully saturated rings. The van der Waals surface area contributed by atoms with Crippen molar-refractivity contribution in [2.24, 2.45) is 5.84 Å². The SMILES string of the molecule is COCCOCCOCCN1CCCN(N)C1=O. The summed E-state index contributed by atoms with van der Waals surface area (Å²) in [5, 5.41) is 1.25. The summed E-state index contributed by atoms with van der Waals surface area (Å²) < 4.78 is 15.5. The van der Waals surface area contributed by atoms with Crippen LogP contribution >= 0.6 is 0 Å². The van der Waals surface area contributed by atoms with E-state index in [9.17, 15) is 4.79 Å². The van der Waals surface area contributed by atoms with Crippen molar-refractivity contribution in [3.63, 3.8) is 0 Å². The third-order valence-corrected chi connectivity index (χ3v) is 2.65. The van der Waals surface area contributed by atoms with E-state index in [1.807, 2.05) is 0 Å². The maximum Gasteiger partial charge on any atom is 0.334 e. The third kappa shape index (κ3) is 5.63. The van der Waals surface area contributed by atoms with Gasteiger partial charge < -0.3 is 19.1 Å². The van der Waals surface area contributed by atoms with Crippen LogP contribution in [0.25, 0.3) is 0 Å². The van der Waals surface area contributed by atoms with E-state index < -0.39 is 0 Å². The van der Waals surface area contributed by atoms with Crippen molar-refractivity contribution in [3.05, 3.63) is 0 Å². The Balaban J connectivity index is 1.95. The summed E-state index contributed by atoms with van der Waals surface area (Å²) in [6.07, 6.45) is 0.905. The fraction of sp³-hybridized carbons (Fsp3) is 0.909. The first kappa shape index (κ1) is 15.2. The van der Waals surface area contributed by atoms with Gasteiger partial charge >= 0.3 is 6.03 Å². The Kier molecular flexibility index (Phi) is 7.66. The van der Waals surface area contributed by atoms with Crippen molar-refractivity contribution in [2.75, 3.05) is 59.8 Å². The van der Waals surface area contributed by atoms with E-state index in [0.717, 1.165) is 13.0 Å². The van der Waals surface area contributed by atoms with Crippen LogP contribution < -0.4 is 5.84 Å². The number of ether oxygens (including phenoxy) is 3. The molecule has 2 amide bonds. The van der Waals surface area contributed by atoms with Crippen molar-refractivity contribution in [3.8, 4) is 0 Å². The smallest absolute Gasteiger partial charge is 0.334 e. The van der Waals surface area contributed by atoms with Crippen molar-refractivity contribution in [1.82, 2.24) is 9.91 Å². The molecule has 106 valence electrons. The second-order valence-electron chi connectivity index (χ2n) is 4.03. The van der Waals surface area contributed by atoms with E-state index in [0.29, 0.717) is 46.1 Å². The highest BCUT2D eigenvalue weighted by Crippen LogP contribution is 2.04. The predicted octanol–water partition coefficient (Wildman–Crippen LogP) is -0.333. The van der Waals surface area contributed by atoms with E-state index in [1.54, 1.807) is 12.0 Å². The summed E-state index contributed by atoms with van der Waals surface area (Å²) in [5.41, 5.74) is 0. The number of hydrogen-bond donors (Lipinski definition) is 1. The molecule has 1 aliphatic heterocycles. The Morgan fingerprint density at radius 3 is 2.50 bits per heavy atom. The summed E-state index contributed by atoms with van der Waals surface area (Å²) in [6.45, 7) is 4.70. The molecule has 0 radical (unpaired) electrons. The molecule has 0 unspecified atom stereocenters. The lowest BCUT2D eigenvalue weighted by Crippen LogP contribution is -2.53. The van der Waals surface area contributed by atoms with Gasteiger partial charge in [-0.3, -0.25) is 5.01 Å². The van der Waals surface area contributed by atoms with Crippen LogP contribution in [-0.2, 0) is 14.2 Å². The molecule has 18 heavy (non-hydrogen) atoms. The molecule has 7 nitrogen and oxygen atoms in total. The largest absolute Gasteiger partial charge is 0.382 e. The molecule has 1 saturated heterocycles. The Morgan fingerprint density at radius 2 is 1.78 bits per heavy atom. The Bertz CT molecular complexity index is 240. The number of urea groups is 1. The van der Waals surface area contributed by atoms with Crippen LogP contribution in [0.4, 0.5) is 4.79 Å². The second kappa shape index (κ2) is 9.09. The van der Waals surface area contributed by atoms with Gasteiger partial charge in [0.25, 0.3) is 0 Å². The number of carbonyl (C=O) groups is 1. The lowest BCUT2D eigenvalue weighted by atomic mass is 10.3. The summed E-state index contributed by atoms with van der Waals surface area (Å²) in [7, 11) is 1.64. The molecule has 0 aromatic rings. The van der Waals surface area contributed by atoms with Crippen molar-refractivity contribution in [1.29, 1.82) is 0 Å². The zero-order chi connectivity index (χ0) is 13.2. The minimum absolute atomic E-state index is 0.124. The molecule has 0 aromatic heterocycles. The van der Waals surface area contributed by atoms with E-state index in [-0.39, 0.29) is 6.03 Å². The van der Waals surface area contributed by atoms with Gasteiger partial charge in [0.1, 0.15) is 0 Å². The van der Waals surface area contributed by atoms with Crippen LogP contribution in [0.15, 0.2) is 0 Å². The number of hydrogen-bond acceptors (Lipinski definition) is 5. The molecule has 0 bridgehead atoms. The third-order valence-electron chi connectivity index (χ3n) is 2.65. The number of hydrazine groups is 1. The van der Waals surface area contributed by atoms with Gasteiger partial charge in [-0.15, -0.1) is 0 Å². The maximum atomic E-state index is 11.6. The van der Waals surface area contributed by atoms with Crippen LogP contribution in [0.3, 0.4) is 0 Å². The normalized spacial score (nSPS) is 16.4. The maximum absolute atomic E-state index is 11.6. The molecule has 2 N–H and O–H groups in total. The molecule has 0 saturated carbocycles. The van der Waals surface area contributed by atoms with Crippen LogP contribution in [-0.4, -0.2) is 75.7 Å². The highest BCUT2D eigenvalue weighted by atomic mass is 16.5. The Labute approximate surface area is 108 Å². The van der Waals surface area contributed by atoms with Crippen molar-refractivity contribution < 1.29 is 19.0 Å². The molecule has 1 heterocycles. The van der Waals surface area contributed by atoms with E-state index >= 15 is 0 Å². The number of nitrogens with two attached hydrogens (primary N) is 1. The lowest BCUT2D eigenvalue weighted by molar-refractivity contribution is 0.0191. The van der Waals surface area contributed by atoms with Gasteiger partial charge in [-0.2, -0.15) is 0 Å². The zero-order valence-corrected chi connectivity index (χ0v) is 11.0. The Morgan fingerprint density at radius 1 is 1.11 bits per heavy atom. The Hall–Kier alpha value is -0.890. The molecular weight excluding hydrogens is 238 g/mol. The first-order valence-corrected chi connectivity index (χ1v) is 6.21. The summed E-state index contributed by atoms with van der Waals surface area (Å²) >= 11 is 0.